The third-order valence-corrected chi connectivity index (χ3v) is 3.61. The highest BCUT2D eigenvalue weighted by Gasteiger charge is 2.35. The standard InChI is InChI=1S/C12H9BrFNO/c13-8-3-4-9-7(11(8)14)5-10(16)12(15-9)6-1-2-6/h3-4,6H,1-2,5H2. The number of benzene rings is 1. The lowest BCUT2D eigenvalue weighted by molar-refractivity contribution is -0.112. The van der Waals surface area contributed by atoms with Crippen molar-refractivity contribution in [3.8, 4) is 0 Å². The minimum absolute atomic E-state index is 0.0213. The molecule has 16 heavy (non-hydrogen) atoms. The Balaban J connectivity index is 2.13. The molecule has 0 N–H and O–H groups in total. The Labute approximate surface area is 101 Å². The molecule has 1 aromatic rings. The van der Waals surface area contributed by atoms with E-state index in [9.17, 15) is 9.18 Å². The molecule has 1 aromatic carbocycles. The molecule has 1 saturated carbocycles. The Kier molecular flexibility index (Phi) is 2.21. The fourth-order valence-corrected chi connectivity index (χ4v) is 2.35. The molecule has 4 heteroatoms. The van der Waals surface area contributed by atoms with E-state index in [2.05, 4.69) is 20.9 Å². The first kappa shape index (κ1) is 10.1. The Bertz CT molecular complexity index is 520. The minimum Gasteiger partial charge on any atom is -0.292 e. The maximum absolute atomic E-state index is 13.7. The van der Waals surface area contributed by atoms with E-state index >= 15 is 0 Å². The summed E-state index contributed by atoms with van der Waals surface area (Å²) in [7, 11) is 0. The third kappa shape index (κ3) is 1.52. The van der Waals surface area contributed by atoms with Crippen molar-refractivity contribution in [2.75, 3.05) is 0 Å². The van der Waals surface area contributed by atoms with E-state index in [1.165, 1.54) is 0 Å². The van der Waals surface area contributed by atoms with Crippen LogP contribution in [0.4, 0.5) is 10.1 Å². The van der Waals surface area contributed by atoms with Crippen LogP contribution in [0.25, 0.3) is 0 Å². The zero-order valence-electron chi connectivity index (χ0n) is 8.46. The lowest BCUT2D eigenvalue weighted by Crippen LogP contribution is -2.22. The van der Waals surface area contributed by atoms with Crippen molar-refractivity contribution in [3.05, 3.63) is 28.0 Å². The summed E-state index contributed by atoms with van der Waals surface area (Å²) in [5.74, 6) is -0.0520. The van der Waals surface area contributed by atoms with Crippen LogP contribution in [0.3, 0.4) is 0 Å². The number of carbonyl (C=O) groups is 1. The van der Waals surface area contributed by atoms with Gasteiger partial charge in [0.25, 0.3) is 0 Å². The number of halogens is 2. The number of hydrogen-bond donors (Lipinski definition) is 0. The number of nitrogens with zero attached hydrogens (tertiary/aromatic N) is 1. The van der Waals surface area contributed by atoms with Gasteiger partial charge in [-0.1, -0.05) is 0 Å². The van der Waals surface area contributed by atoms with Crippen LogP contribution in [-0.2, 0) is 11.2 Å². The van der Waals surface area contributed by atoms with Crippen LogP contribution < -0.4 is 0 Å². The van der Waals surface area contributed by atoms with Crippen LogP contribution in [-0.4, -0.2) is 11.5 Å². The highest BCUT2D eigenvalue weighted by atomic mass is 79.9. The van der Waals surface area contributed by atoms with Crippen molar-refractivity contribution in [2.24, 2.45) is 10.9 Å². The first-order valence-electron chi connectivity index (χ1n) is 5.25. The summed E-state index contributed by atoms with van der Waals surface area (Å²) < 4.78 is 14.1. The molecule has 0 saturated heterocycles. The smallest absolute Gasteiger partial charge is 0.181 e. The molecule has 0 bridgehead atoms. The topological polar surface area (TPSA) is 29.4 Å². The summed E-state index contributed by atoms with van der Waals surface area (Å²) in [4.78, 5) is 16.1. The summed E-state index contributed by atoms with van der Waals surface area (Å²) >= 11 is 3.12. The van der Waals surface area contributed by atoms with Gasteiger partial charge in [0.05, 0.1) is 15.9 Å². The summed E-state index contributed by atoms with van der Waals surface area (Å²) in [6, 6.07) is 3.40. The fourth-order valence-electron chi connectivity index (χ4n) is 1.97. The van der Waals surface area contributed by atoms with Crippen molar-refractivity contribution in [1.82, 2.24) is 0 Å². The molecular weight excluding hydrogens is 273 g/mol. The van der Waals surface area contributed by atoms with Gasteiger partial charge >= 0.3 is 0 Å². The Morgan fingerprint density at radius 1 is 1.38 bits per heavy atom. The summed E-state index contributed by atoms with van der Waals surface area (Å²) in [6.07, 6.45) is 2.23. The van der Waals surface area contributed by atoms with E-state index < -0.39 is 0 Å². The van der Waals surface area contributed by atoms with Crippen LogP contribution in [0.2, 0.25) is 0 Å². The molecule has 0 amide bonds. The molecule has 0 radical (unpaired) electrons. The van der Waals surface area contributed by atoms with Gasteiger partial charge in [-0.15, -0.1) is 0 Å². The van der Waals surface area contributed by atoms with Crippen molar-refractivity contribution in [1.29, 1.82) is 0 Å². The zero-order valence-corrected chi connectivity index (χ0v) is 10.1. The minimum atomic E-state index is -0.357. The number of rotatable bonds is 1. The second-order valence-electron chi connectivity index (χ2n) is 4.23. The number of hydrogen-bond acceptors (Lipinski definition) is 2. The van der Waals surface area contributed by atoms with Gasteiger partial charge in [0.1, 0.15) is 5.82 Å². The molecule has 82 valence electrons. The maximum Gasteiger partial charge on any atom is 0.181 e. The van der Waals surface area contributed by atoms with Crippen LogP contribution in [0.15, 0.2) is 21.6 Å². The van der Waals surface area contributed by atoms with E-state index in [0.29, 0.717) is 27.4 Å². The molecule has 1 heterocycles. The van der Waals surface area contributed by atoms with Crippen molar-refractivity contribution >= 4 is 33.1 Å². The van der Waals surface area contributed by atoms with E-state index in [1.807, 2.05) is 0 Å². The molecule has 3 rings (SSSR count). The number of carbonyl (C=O) groups excluding carboxylic acids is 1. The van der Waals surface area contributed by atoms with Crippen LogP contribution in [0.5, 0.6) is 0 Å². The van der Waals surface area contributed by atoms with Crippen molar-refractivity contribution in [3.63, 3.8) is 0 Å². The average Bonchev–Trinajstić information content (AvgIpc) is 3.08. The lowest BCUT2D eigenvalue weighted by atomic mass is 9.97. The molecule has 1 aliphatic carbocycles. The zero-order chi connectivity index (χ0) is 11.3. The monoisotopic (exact) mass is 281 g/mol. The SMILES string of the molecule is O=C1Cc2c(ccc(Br)c2F)N=C1C1CC1. The van der Waals surface area contributed by atoms with Gasteiger partial charge in [-0.3, -0.25) is 4.79 Å². The van der Waals surface area contributed by atoms with Crippen LogP contribution >= 0.6 is 15.9 Å². The maximum atomic E-state index is 13.7. The molecular formula is C12H9BrFNO. The van der Waals surface area contributed by atoms with Crippen molar-refractivity contribution < 1.29 is 9.18 Å². The van der Waals surface area contributed by atoms with E-state index in [1.54, 1.807) is 12.1 Å². The molecule has 0 spiro atoms. The number of ketones is 1. The third-order valence-electron chi connectivity index (χ3n) is 3.00. The predicted octanol–water partition coefficient (Wildman–Crippen LogP) is 3.20. The van der Waals surface area contributed by atoms with Gasteiger partial charge in [-0.05, 0) is 40.9 Å². The van der Waals surface area contributed by atoms with Gasteiger partial charge in [-0.2, -0.15) is 0 Å². The van der Waals surface area contributed by atoms with E-state index in [0.717, 1.165) is 12.8 Å². The van der Waals surface area contributed by atoms with Gasteiger partial charge < -0.3 is 0 Å². The molecule has 1 fully saturated rings. The van der Waals surface area contributed by atoms with E-state index in [4.69, 9.17) is 0 Å². The van der Waals surface area contributed by atoms with Crippen molar-refractivity contribution in [2.45, 2.75) is 19.3 Å². The first-order valence-corrected chi connectivity index (χ1v) is 6.05. The summed E-state index contributed by atoms with van der Waals surface area (Å²) in [6.45, 7) is 0. The quantitative estimate of drug-likeness (QED) is 0.777. The predicted molar refractivity (Wildman–Crippen MR) is 62.6 cm³/mol. The fraction of sp³-hybridized carbons (Fsp3) is 0.333. The largest absolute Gasteiger partial charge is 0.292 e. The highest BCUT2D eigenvalue weighted by molar-refractivity contribution is 9.10. The highest BCUT2D eigenvalue weighted by Crippen LogP contribution is 2.37. The summed E-state index contributed by atoms with van der Waals surface area (Å²) in [5, 5.41) is 0. The molecule has 0 unspecified atom stereocenters. The Morgan fingerprint density at radius 2 is 2.12 bits per heavy atom. The normalized spacial score (nSPS) is 19.4. The average molecular weight is 282 g/mol. The second-order valence-corrected chi connectivity index (χ2v) is 5.08. The molecule has 2 aliphatic rings. The summed E-state index contributed by atoms with van der Waals surface area (Å²) in [5.41, 5.74) is 1.68. The van der Waals surface area contributed by atoms with Gasteiger partial charge in [0.2, 0.25) is 0 Å². The number of aliphatic imine (C=N–C) groups is 1. The van der Waals surface area contributed by atoms with Crippen LogP contribution in [0, 0.1) is 11.7 Å². The molecule has 0 aromatic heterocycles. The second kappa shape index (κ2) is 3.48. The van der Waals surface area contributed by atoms with Gasteiger partial charge in [0.15, 0.2) is 5.78 Å². The first-order chi connectivity index (χ1) is 7.66. The van der Waals surface area contributed by atoms with E-state index in [-0.39, 0.29) is 18.0 Å². The van der Waals surface area contributed by atoms with Gasteiger partial charge in [0, 0.05) is 17.9 Å². The number of Topliss-reactive ketones (excluding diaryl/α,β-unsaturated/α-hetero) is 1. The molecule has 1 aliphatic heterocycles. The Hall–Kier alpha value is -1.03. The molecule has 0 atom stereocenters. The van der Waals surface area contributed by atoms with Crippen LogP contribution in [0.1, 0.15) is 18.4 Å². The Morgan fingerprint density at radius 3 is 2.81 bits per heavy atom. The number of fused-ring (bicyclic) bond motifs is 1. The molecule has 2 nitrogen and oxygen atoms in total. The van der Waals surface area contributed by atoms with Gasteiger partial charge in [-0.25, -0.2) is 9.38 Å². The lowest BCUT2D eigenvalue weighted by Gasteiger charge is -2.15.